The second-order valence-electron chi connectivity index (χ2n) is 8.34. The zero-order valence-corrected chi connectivity index (χ0v) is 19.1. The lowest BCUT2D eigenvalue weighted by Crippen LogP contribution is -2.41. The fraction of sp³-hybridized carbons (Fsp3) is 0.346. The van der Waals surface area contributed by atoms with Crippen molar-refractivity contribution in [3.8, 4) is 0 Å². The summed E-state index contributed by atoms with van der Waals surface area (Å²) in [6.07, 6.45) is 10.0. The van der Waals surface area contributed by atoms with Gasteiger partial charge in [-0.15, -0.1) is 0 Å². The number of hydrogen-bond acceptors (Lipinski definition) is 5. The number of hydrogen-bond donors (Lipinski definition) is 1. The van der Waals surface area contributed by atoms with Gasteiger partial charge in [0.25, 0.3) is 5.91 Å². The Labute approximate surface area is 197 Å². The van der Waals surface area contributed by atoms with Crippen LogP contribution in [0.2, 0.25) is 0 Å². The van der Waals surface area contributed by atoms with Gasteiger partial charge in [0.2, 0.25) is 5.91 Å². The van der Waals surface area contributed by atoms with E-state index in [1.807, 2.05) is 43.4 Å². The van der Waals surface area contributed by atoms with Gasteiger partial charge in [-0.2, -0.15) is 0 Å². The van der Waals surface area contributed by atoms with Crippen molar-refractivity contribution >= 4 is 17.5 Å². The van der Waals surface area contributed by atoms with Gasteiger partial charge in [0.15, 0.2) is 0 Å². The smallest absolute Gasteiger partial charge is 0.270 e. The van der Waals surface area contributed by atoms with E-state index in [9.17, 15) is 9.59 Å². The van der Waals surface area contributed by atoms with Crippen molar-refractivity contribution in [1.29, 1.82) is 0 Å². The highest BCUT2D eigenvalue weighted by Gasteiger charge is 2.28. The summed E-state index contributed by atoms with van der Waals surface area (Å²) in [5.74, 6) is -0.218. The Morgan fingerprint density at radius 3 is 2.85 bits per heavy atom. The van der Waals surface area contributed by atoms with Gasteiger partial charge in [0.1, 0.15) is 5.71 Å². The van der Waals surface area contributed by atoms with E-state index in [1.54, 1.807) is 18.3 Å². The van der Waals surface area contributed by atoms with E-state index in [4.69, 9.17) is 4.74 Å². The van der Waals surface area contributed by atoms with Gasteiger partial charge in [0.05, 0.1) is 30.6 Å². The molecule has 4 rings (SSSR count). The van der Waals surface area contributed by atoms with Crippen LogP contribution in [-0.2, 0) is 14.3 Å². The van der Waals surface area contributed by atoms with E-state index in [1.165, 1.54) is 0 Å². The highest BCUT2D eigenvalue weighted by Crippen LogP contribution is 2.34. The molecule has 2 amide bonds. The average molecular weight is 450 g/mol. The first-order valence-electron chi connectivity index (χ1n) is 11.3. The molecule has 1 saturated heterocycles. The number of aliphatic imine (C=N–C) groups is 1. The molecule has 0 saturated carbocycles. The number of carbonyl (C=O) groups is 2. The van der Waals surface area contributed by atoms with E-state index >= 15 is 0 Å². The first-order valence-corrected chi connectivity index (χ1v) is 11.3. The third-order valence-electron chi connectivity index (χ3n) is 6.11. The standard InChI is InChI=1S/C26H29N4O3.2H2/c1-4-19-8-7-18(3)24-20(19)16-22(28-24)26(32)29-21(25-17(2)6-5-11-27-25)9-10-23(31)30-12-14-33-15-13-30;;/h4-8,11,16,21H,1,9-10,12-15H2,2-3H3,(H,29,32);2*1H. The van der Waals surface area contributed by atoms with Crippen molar-refractivity contribution < 1.29 is 17.2 Å². The predicted molar refractivity (Wildman–Crippen MR) is 132 cm³/mol. The van der Waals surface area contributed by atoms with Gasteiger partial charge >= 0.3 is 0 Å². The predicted octanol–water partition coefficient (Wildman–Crippen LogP) is 3.66. The SMILES string of the molecule is C=CC1=C[CH]C(C)=C2N=C(C(=O)NC(CCC(=O)N3CCOCC3)c3ncccc3C)C=C12.[HH].[HH]. The summed E-state index contributed by atoms with van der Waals surface area (Å²) in [5, 5.41) is 3.08. The van der Waals surface area contributed by atoms with Crippen molar-refractivity contribution in [3.63, 3.8) is 0 Å². The number of pyridine rings is 1. The highest BCUT2D eigenvalue weighted by atomic mass is 16.5. The molecular formula is C26H33N4O3. The van der Waals surface area contributed by atoms with Crippen LogP contribution in [0.3, 0.4) is 0 Å². The van der Waals surface area contributed by atoms with Gasteiger partial charge in [-0.05, 0) is 49.1 Å². The maximum Gasteiger partial charge on any atom is 0.270 e. The molecule has 1 aliphatic carbocycles. The number of allylic oxidation sites excluding steroid dienone is 4. The van der Waals surface area contributed by atoms with E-state index in [0.29, 0.717) is 44.9 Å². The Morgan fingerprint density at radius 1 is 1.33 bits per heavy atom. The van der Waals surface area contributed by atoms with Crippen LogP contribution < -0.4 is 5.32 Å². The molecule has 175 valence electrons. The lowest BCUT2D eigenvalue weighted by atomic mass is 9.92. The molecule has 3 aliphatic rings. The minimum absolute atomic E-state index is 0. The topological polar surface area (TPSA) is 83.9 Å². The molecular weight excluding hydrogens is 416 g/mol. The molecule has 3 heterocycles. The Hall–Kier alpha value is -3.32. The summed E-state index contributed by atoms with van der Waals surface area (Å²) >= 11 is 0. The van der Waals surface area contributed by atoms with Crippen molar-refractivity contribution in [2.24, 2.45) is 4.99 Å². The van der Waals surface area contributed by atoms with Crippen LogP contribution in [0.5, 0.6) is 0 Å². The van der Waals surface area contributed by atoms with Crippen LogP contribution in [0.4, 0.5) is 0 Å². The molecule has 7 nitrogen and oxygen atoms in total. The number of fused-ring (bicyclic) bond motifs is 1. The fourth-order valence-corrected chi connectivity index (χ4v) is 4.23. The second kappa shape index (κ2) is 10.1. The van der Waals surface area contributed by atoms with Crippen LogP contribution in [0.15, 0.2) is 70.5 Å². The van der Waals surface area contributed by atoms with E-state index in [2.05, 4.69) is 21.9 Å². The number of rotatable bonds is 7. The Bertz CT molecular complexity index is 1100. The van der Waals surface area contributed by atoms with E-state index in [0.717, 1.165) is 33.7 Å². The molecule has 1 fully saturated rings. The lowest BCUT2D eigenvalue weighted by Gasteiger charge is -2.27. The van der Waals surface area contributed by atoms with Crippen LogP contribution >= 0.6 is 0 Å². The number of carbonyl (C=O) groups excluding carboxylic acids is 2. The summed E-state index contributed by atoms with van der Waals surface area (Å²) in [6, 6.07) is 3.42. The minimum atomic E-state index is -0.400. The Morgan fingerprint density at radius 2 is 2.12 bits per heavy atom. The number of nitrogens with one attached hydrogen (secondary N) is 1. The lowest BCUT2D eigenvalue weighted by molar-refractivity contribution is -0.135. The quantitative estimate of drug-likeness (QED) is 0.689. The van der Waals surface area contributed by atoms with Gasteiger partial charge in [-0.25, -0.2) is 4.99 Å². The summed E-state index contributed by atoms with van der Waals surface area (Å²) in [4.78, 5) is 36.9. The van der Waals surface area contributed by atoms with Crippen LogP contribution in [0, 0.1) is 13.3 Å². The third-order valence-corrected chi connectivity index (χ3v) is 6.11. The molecule has 0 bridgehead atoms. The summed E-state index contributed by atoms with van der Waals surface area (Å²) in [5.41, 5.74) is 5.72. The van der Waals surface area contributed by atoms with Crippen LogP contribution in [-0.4, -0.2) is 53.7 Å². The fourth-order valence-electron chi connectivity index (χ4n) is 4.23. The molecule has 1 N–H and O–H groups in total. The molecule has 0 aromatic carbocycles. The van der Waals surface area contributed by atoms with Gasteiger partial charge in [0, 0.05) is 40.6 Å². The van der Waals surface area contributed by atoms with Crippen molar-refractivity contribution in [2.75, 3.05) is 26.3 Å². The summed E-state index contributed by atoms with van der Waals surface area (Å²) in [7, 11) is 0. The number of nitrogens with zero attached hydrogens (tertiary/aromatic N) is 3. The molecule has 1 aromatic heterocycles. The average Bonchev–Trinajstić information content (AvgIpc) is 3.29. The molecule has 1 unspecified atom stereocenters. The zero-order valence-electron chi connectivity index (χ0n) is 19.1. The maximum atomic E-state index is 13.2. The largest absolute Gasteiger partial charge is 0.378 e. The van der Waals surface area contributed by atoms with Crippen LogP contribution in [0.1, 0.15) is 39.9 Å². The van der Waals surface area contributed by atoms with Gasteiger partial charge < -0.3 is 15.0 Å². The normalized spacial score (nSPS) is 18.7. The van der Waals surface area contributed by atoms with Gasteiger partial charge in [-0.3, -0.25) is 14.6 Å². The minimum Gasteiger partial charge on any atom is -0.378 e. The van der Waals surface area contributed by atoms with Crippen molar-refractivity contribution in [2.45, 2.75) is 32.7 Å². The first kappa shape index (κ1) is 22.9. The molecule has 7 heteroatoms. The van der Waals surface area contributed by atoms with Gasteiger partial charge in [-0.1, -0.05) is 24.8 Å². The first-order chi connectivity index (χ1) is 16.0. The molecule has 1 aromatic rings. The molecule has 1 radical (unpaired) electrons. The molecule has 33 heavy (non-hydrogen) atoms. The zero-order chi connectivity index (χ0) is 23.4. The molecule has 1 atom stereocenters. The van der Waals surface area contributed by atoms with E-state index in [-0.39, 0.29) is 14.7 Å². The second-order valence-corrected chi connectivity index (χ2v) is 8.34. The van der Waals surface area contributed by atoms with Crippen molar-refractivity contribution in [1.82, 2.24) is 15.2 Å². The number of amides is 2. The highest BCUT2D eigenvalue weighted by molar-refractivity contribution is 6.45. The van der Waals surface area contributed by atoms with Crippen LogP contribution in [0.25, 0.3) is 0 Å². The summed E-state index contributed by atoms with van der Waals surface area (Å²) < 4.78 is 5.34. The summed E-state index contributed by atoms with van der Waals surface area (Å²) in [6.45, 7) is 10.1. The number of ether oxygens (including phenoxy) is 1. The molecule has 0 spiro atoms. The number of aromatic nitrogens is 1. The third kappa shape index (κ3) is 5.03. The Balaban J connectivity index is 0.00000216. The molecule has 2 aliphatic heterocycles. The van der Waals surface area contributed by atoms with Crippen molar-refractivity contribution in [3.05, 3.63) is 83.2 Å². The Kier molecular flexibility index (Phi) is 6.99. The monoisotopic (exact) mass is 449 g/mol. The van der Waals surface area contributed by atoms with E-state index < -0.39 is 6.04 Å². The maximum absolute atomic E-state index is 13.2. The number of morpholine rings is 1. The number of aryl methyl sites for hydroxylation is 1.